The van der Waals surface area contributed by atoms with Crippen LogP contribution in [0, 0.1) is 5.82 Å². The molecule has 36 heavy (non-hydrogen) atoms. The first kappa shape index (κ1) is 25.1. The summed E-state index contributed by atoms with van der Waals surface area (Å²) in [4.78, 5) is 28.9. The number of hydrogen-bond donors (Lipinski definition) is 1. The smallest absolute Gasteiger partial charge is 0.294 e. The number of anilines is 1. The van der Waals surface area contributed by atoms with Crippen molar-refractivity contribution in [1.82, 2.24) is 5.32 Å². The van der Waals surface area contributed by atoms with Crippen LogP contribution in [0.5, 0.6) is 17.2 Å². The van der Waals surface area contributed by atoms with Gasteiger partial charge in [-0.3, -0.25) is 14.5 Å². The number of ether oxygens (including phenoxy) is 3. The Morgan fingerprint density at radius 2 is 1.64 bits per heavy atom. The third kappa shape index (κ3) is 5.15. The van der Waals surface area contributed by atoms with Crippen LogP contribution in [-0.2, 0) is 4.79 Å². The maximum absolute atomic E-state index is 13.9. The first-order valence-corrected chi connectivity index (χ1v) is 11.7. The number of amides is 2. The zero-order valence-corrected chi connectivity index (χ0v) is 20.5. The Hall–Kier alpha value is -4.01. The van der Waals surface area contributed by atoms with Gasteiger partial charge in [0.1, 0.15) is 11.9 Å². The largest absolute Gasteiger partial charge is 0.493 e. The van der Waals surface area contributed by atoms with Gasteiger partial charge in [-0.15, -0.1) is 0 Å². The van der Waals surface area contributed by atoms with Gasteiger partial charge >= 0.3 is 0 Å². The minimum absolute atomic E-state index is 0.00387. The second kappa shape index (κ2) is 11.2. The fourth-order valence-corrected chi connectivity index (χ4v) is 4.53. The number of benzene rings is 2. The van der Waals surface area contributed by atoms with Gasteiger partial charge in [0.25, 0.3) is 5.91 Å². The molecule has 1 atom stereocenters. The number of nitrogens with one attached hydrogen (secondary N) is 1. The Labute approximate surface area is 208 Å². The average Bonchev–Trinajstić information content (AvgIpc) is 3.61. The molecule has 1 aromatic heterocycles. The lowest BCUT2D eigenvalue weighted by molar-refractivity contribution is -0.123. The molecule has 1 saturated carbocycles. The van der Waals surface area contributed by atoms with Crippen LogP contribution in [0.1, 0.15) is 47.8 Å². The first-order chi connectivity index (χ1) is 17.5. The van der Waals surface area contributed by atoms with E-state index in [2.05, 4.69) is 5.32 Å². The molecular weight excluding hydrogens is 467 g/mol. The summed E-state index contributed by atoms with van der Waals surface area (Å²) in [6.45, 7) is 0. The highest BCUT2D eigenvalue weighted by molar-refractivity contribution is 6.08. The van der Waals surface area contributed by atoms with Crippen LogP contribution in [0.15, 0.2) is 59.2 Å². The number of carbonyl (C=O) groups is 2. The van der Waals surface area contributed by atoms with E-state index >= 15 is 0 Å². The molecule has 2 amide bonds. The van der Waals surface area contributed by atoms with E-state index in [0.717, 1.165) is 25.7 Å². The Morgan fingerprint density at radius 1 is 1.00 bits per heavy atom. The summed E-state index contributed by atoms with van der Waals surface area (Å²) in [7, 11) is 4.43. The fourth-order valence-electron chi connectivity index (χ4n) is 4.53. The third-order valence-electron chi connectivity index (χ3n) is 6.27. The Bertz CT molecular complexity index is 1160. The van der Waals surface area contributed by atoms with E-state index in [1.54, 1.807) is 18.2 Å². The van der Waals surface area contributed by atoms with Crippen molar-refractivity contribution in [2.45, 2.75) is 37.8 Å². The molecular formula is C27H29FN2O6. The van der Waals surface area contributed by atoms with E-state index in [0.29, 0.717) is 28.5 Å². The number of hydrogen-bond acceptors (Lipinski definition) is 6. The highest BCUT2D eigenvalue weighted by Gasteiger charge is 2.37. The van der Waals surface area contributed by atoms with Gasteiger partial charge in [0.05, 0.1) is 27.6 Å². The molecule has 0 spiro atoms. The van der Waals surface area contributed by atoms with Gasteiger partial charge < -0.3 is 23.9 Å². The number of carbonyl (C=O) groups excluding carboxylic acids is 2. The number of rotatable bonds is 9. The highest BCUT2D eigenvalue weighted by atomic mass is 19.1. The van der Waals surface area contributed by atoms with Crippen LogP contribution >= 0.6 is 0 Å². The van der Waals surface area contributed by atoms with E-state index in [1.165, 1.54) is 62.8 Å². The normalized spacial score (nSPS) is 14.2. The van der Waals surface area contributed by atoms with Crippen LogP contribution < -0.4 is 24.4 Å². The standard InChI is InChI=1S/C27H29FN2O6/c1-33-22-15-17(16-23(34-2)25(22)35-3)24(26(31)29-19-7-4-5-8-19)30(20-12-10-18(28)11-13-20)27(32)21-9-6-14-36-21/h6,9-16,19,24H,4-5,7-8H2,1-3H3,(H,29,31). The SMILES string of the molecule is COc1cc(C(C(=O)NC2CCCC2)N(C(=O)c2ccco2)c2ccc(F)cc2)cc(OC)c1OC. The molecule has 4 rings (SSSR count). The Morgan fingerprint density at radius 3 is 2.17 bits per heavy atom. The molecule has 190 valence electrons. The van der Waals surface area contributed by atoms with Gasteiger partial charge in [0.2, 0.25) is 11.7 Å². The van der Waals surface area contributed by atoms with E-state index in [9.17, 15) is 14.0 Å². The van der Waals surface area contributed by atoms with Gasteiger partial charge in [-0.25, -0.2) is 4.39 Å². The molecule has 1 N–H and O–H groups in total. The van der Waals surface area contributed by atoms with E-state index in [1.807, 2.05) is 0 Å². The van der Waals surface area contributed by atoms with Crippen LogP contribution in [0.25, 0.3) is 0 Å². The van der Waals surface area contributed by atoms with Crippen LogP contribution in [0.3, 0.4) is 0 Å². The summed E-state index contributed by atoms with van der Waals surface area (Å²) in [6, 6.07) is 10.6. The number of methoxy groups -OCH3 is 3. The van der Waals surface area contributed by atoms with Gasteiger partial charge in [-0.05, 0) is 66.9 Å². The number of nitrogens with zero attached hydrogens (tertiary/aromatic N) is 1. The van der Waals surface area contributed by atoms with Crippen molar-refractivity contribution in [3.8, 4) is 17.2 Å². The molecule has 0 bridgehead atoms. The van der Waals surface area contributed by atoms with Gasteiger partial charge in [-0.2, -0.15) is 0 Å². The lowest BCUT2D eigenvalue weighted by Gasteiger charge is -2.32. The topological polar surface area (TPSA) is 90.2 Å². The third-order valence-corrected chi connectivity index (χ3v) is 6.27. The van der Waals surface area contributed by atoms with E-state index in [-0.39, 0.29) is 17.7 Å². The van der Waals surface area contributed by atoms with Gasteiger partial charge in [0, 0.05) is 11.7 Å². The van der Waals surface area contributed by atoms with Crippen LogP contribution in [-0.4, -0.2) is 39.2 Å². The molecule has 1 fully saturated rings. The predicted molar refractivity (Wildman–Crippen MR) is 131 cm³/mol. The van der Waals surface area contributed by atoms with Crippen molar-refractivity contribution in [1.29, 1.82) is 0 Å². The molecule has 1 unspecified atom stereocenters. The molecule has 0 aliphatic heterocycles. The first-order valence-electron chi connectivity index (χ1n) is 11.7. The minimum atomic E-state index is -1.15. The summed E-state index contributed by atoms with van der Waals surface area (Å²) in [6.07, 6.45) is 5.13. The maximum atomic E-state index is 13.9. The maximum Gasteiger partial charge on any atom is 0.294 e. The zero-order valence-electron chi connectivity index (χ0n) is 20.5. The van der Waals surface area contributed by atoms with Gasteiger partial charge in [0.15, 0.2) is 17.3 Å². The van der Waals surface area contributed by atoms with E-state index in [4.69, 9.17) is 18.6 Å². The monoisotopic (exact) mass is 496 g/mol. The second-order valence-corrected chi connectivity index (χ2v) is 8.48. The zero-order chi connectivity index (χ0) is 25.7. The van der Waals surface area contributed by atoms with Crippen molar-refractivity contribution in [2.24, 2.45) is 0 Å². The molecule has 0 saturated heterocycles. The number of halogens is 1. The predicted octanol–water partition coefficient (Wildman–Crippen LogP) is 4.89. The van der Waals surface area contributed by atoms with Crippen molar-refractivity contribution in [2.75, 3.05) is 26.2 Å². The number of furan rings is 1. The molecule has 3 aromatic rings. The molecule has 9 heteroatoms. The average molecular weight is 497 g/mol. The molecule has 2 aromatic carbocycles. The fraction of sp³-hybridized carbons (Fsp3) is 0.333. The van der Waals surface area contributed by atoms with Crippen molar-refractivity contribution in [3.05, 3.63) is 71.9 Å². The van der Waals surface area contributed by atoms with Crippen LogP contribution in [0.4, 0.5) is 10.1 Å². The quantitative estimate of drug-likeness (QED) is 0.454. The lowest BCUT2D eigenvalue weighted by atomic mass is 10.0. The van der Waals surface area contributed by atoms with E-state index < -0.39 is 17.8 Å². The van der Waals surface area contributed by atoms with Gasteiger partial charge in [-0.1, -0.05) is 12.8 Å². The molecule has 1 aliphatic rings. The van der Waals surface area contributed by atoms with Crippen LogP contribution in [0.2, 0.25) is 0 Å². The molecule has 1 heterocycles. The second-order valence-electron chi connectivity index (χ2n) is 8.48. The highest BCUT2D eigenvalue weighted by Crippen LogP contribution is 2.42. The van der Waals surface area contributed by atoms with Crippen molar-refractivity contribution >= 4 is 17.5 Å². The summed E-state index contributed by atoms with van der Waals surface area (Å²) in [5, 5.41) is 3.09. The summed E-state index contributed by atoms with van der Waals surface area (Å²) in [5.74, 6) is -0.379. The Kier molecular flexibility index (Phi) is 7.77. The summed E-state index contributed by atoms with van der Waals surface area (Å²) in [5.41, 5.74) is 0.738. The molecule has 0 radical (unpaired) electrons. The molecule has 1 aliphatic carbocycles. The lowest BCUT2D eigenvalue weighted by Crippen LogP contribution is -2.46. The summed E-state index contributed by atoms with van der Waals surface area (Å²) >= 11 is 0. The minimum Gasteiger partial charge on any atom is -0.493 e. The van der Waals surface area contributed by atoms with Crippen molar-refractivity contribution in [3.63, 3.8) is 0 Å². The summed E-state index contributed by atoms with van der Waals surface area (Å²) < 4.78 is 35.6. The Balaban J connectivity index is 1.89. The molecule has 8 nitrogen and oxygen atoms in total. The van der Waals surface area contributed by atoms with Crippen molar-refractivity contribution < 1.29 is 32.6 Å².